The lowest BCUT2D eigenvalue weighted by Crippen LogP contribution is -2.19. The Morgan fingerprint density at radius 2 is 0.966 bits per heavy atom. The van der Waals surface area contributed by atoms with Crippen molar-refractivity contribution < 1.29 is 9.47 Å². The van der Waals surface area contributed by atoms with E-state index in [1.807, 2.05) is 52.0 Å². The molecule has 0 saturated heterocycles. The van der Waals surface area contributed by atoms with Crippen molar-refractivity contribution in [3.8, 4) is 11.5 Å². The van der Waals surface area contributed by atoms with Crippen LogP contribution < -0.4 is 9.47 Å². The summed E-state index contributed by atoms with van der Waals surface area (Å²) in [7, 11) is 0. The first-order valence-corrected chi connectivity index (χ1v) is 11.3. The largest absolute Gasteiger partial charge is 0.489 e. The van der Waals surface area contributed by atoms with Gasteiger partial charge in [-0.2, -0.15) is 0 Å². The van der Waals surface area contributed by atoms with Gasteiger partial charge in [0.25, 0.3) is 0 Å². The van der Waals surface area contributed by atoms with Gasteiger partial charge >= 0.3 is 0 Å². The van der Waals surface area contributed by atoms with Crippen LogP contribution in [0.15, 0.2) is 24.3 Å². The van der Waals surface area contributed by atoms with Crippen molar-refractivity contribution >= 4 is 69.6 Å². The third-order valence-electron chi connectivity index (χ3n) is 4.35. The number of benzene rings is 2. The predicted molar refractivity (Wildman–Crippen MR) is 127 cm³/mol. The Balaban J connectivity index is 2.39. The zero-order valence-electron chi connectivity index (χ0n) is 16.5. The maximum absolute atomic E-state index is 6.43. The van der Waals surface area contributed by atoms with Gasteiger partial charge in [-0.15, -0.1) is 23.2 Å². The molecule has 0 spiro atoms. The highest BCUT2D eigenvalue weighted by atomic mass is 35.5. The minimum Gasteiger partial charge on any atom is -0.489 e. The van der Waals surface area contributed by atoms with Gasteiger partial charge in [0.1, 0.15) is 13.2 Å². The van der Waals surface area contributed by atoms with E-state index >= 15 is 0 Å². The summed E-state index contributed by atoms with van der Waals surface area (Å²) >= 11 is 37.6. The van der Waals surface area contributed by atoms with Gasteiger partial charge in [0.05, 0.1) is 30.8 Å². The number of ether oxygens (including phenoxy) is 2. The normalized spacial score (nSPS) is 13.9. The summed E-state index contributed by atoms with van der Waals surface area (Å²) in [6.07, 6.45) is 0. The third kappa shape index (κ3) is 6.38. The number of hydrogen-bond donors (Lipinski definition) is 0. The summed E-state index contributed by atoms with van der Waals surface area (Å²) < 4.78 is 11.3. The number of alkyl halides is 2. The van der Waals surface area contributed by atoms with Gasteiger partial charge in [-0.05, 0) is 49.2 Å². The molecule has 2 unspecified atom stereocenters. The molecule has 2 aromatic rings. The molecule has 0 N–H and O–H groups in total. The lowest BCUT2D eigenvalue weighted by molar-refractivity contribution is 0.320. The topological polar surface area (TPSA) is 18.5 Å². The van der Waals surface area contributed by atoms with Crippen LogP contribution in [0, 0.1) is 0 Å². The lowest BCUT2D eigenvalue weighted by atomic mass is 9.78. The van der Waals surface area contributed by atoms with E-state index in [4.69, 9.17) is 79.1 Å². The van der Waals surface area contributed by atoms with E-state index < -0.39 is 5.41 Å². The van der Waals surface area contributed by atoms with E-state index in [0.717, 1.165) is 11.1 Å². The van der Waals surface area contributed by atoms with E-state index in [-0.39, 0.29) is 10.8 Å². The number of halogens is 6. The van der Waals surface area contributed by atoms with Crippen molar-refractivity contribution in [2.75, 3.05) is 13.2 Å². The van der Waals surface area contributed by atoms with Crippen molar-refractivity contribution in [2.45, 2.75) is 43.9 Å². The van der Waals surface area contributed by atoms with E-state index in [0.29, 0.717) is 44.8 Å². The molecular formula is C21H22Cl6O2. The highest BCUT2D eigenvalue weighted by Gasteiger charge is 2.28. The molecular weight excluding hydrogens is 497 g/mol. The van der Waals surface area contributed by atoms with Crippen molar-refractivity contribution in [3.63, 3.8) is 0 Å². The van der Waals surface area contributed by atoms with E-state index in [9.17, 15) is 0 Å². The van der Waals surface area contributed by atoms with Gasteiger partial charge in [-0.3, -0.25) is 0 Å². The molecule has 0 aromatic heterocycles. The van der Waals surface area contributed by atoms with Crippen LogP contribution in [0.1, 0.15) is 38.8 Å². The van der Waals surface area contributed by atoms with Gasteiger partial charge in [-0.1, -0.05) is 60.3 Å². The minimum atomic E-state index is -0.489. The molecule has 160 valence electrons. The van der Waals surface area contributed by atoms with Crippen molar-refractivity contribution in [3.05, 3.63) is 55.5 Å². The molecule has 0 saturated carbocycles. The average Bonchev–Trinajstić information content (AvgIpc) is 2.59. The second-order valence-electron chi connectivity index (χ2n) is 7.35. The minimum absolute atomic E-state index is 0.162. The molecule has 2 rings (SSSR count). The van der Waals surface area contributed by atoms with E-state index in [1.165, 1.54) is 0 Å². The zero-order valence-corrected chi connectivity index (χ0v) is 21.0. The first-order valence-electron chi connectivity index (χ1n) is 8.96. The van der Waals surface area contributed by atoms with Crippen molar-refractivity contribution in [2.24, 2.45) is 0 Å². The molecule has 0 amide bonds. The molecule has 2 nitrogen and oxygen atoms in total. The molecule has 8 heteroatoms. The van der Waals surface area contributed by atoms with Crippen LogP contribution in [0.5, 0.6) is 11.5 Å². The Hall–Kier alpha value is -0.220. The second kappa shape index (κ2) is 10.4. The smallest absolute Gasteiger partial charge is 0.156 e. The molecule has 0 aliphatic rings. The number of rotatable bonds is 8. The van der Waals surface area contributed by atoms with Gasteiger partial charge in [0.15, 0.2) is 11.5 Å². The first-order chi connectivity index (χ1) is 13.4. The Labute approximate surface area is 202 Å². The summed E-state index contributed by atoms with van der Waals surface area (Å²) in [4.78, 5) is 0. The lowest BCUT2D eigenvalue weighted by Gasteiger charge is -2.28. The number of hydrogen-bond acceptors (Lipinski definition) is 2. The molecule has 0 aliphatic carbocycles. The van der Waals surface area contributed by atoms with Crippen LogP contribution in [0.25, 0.3) is 0 Å². The molecule has 29 heavy (non-hydrogen) atoms. The fraction of sp³-hybridized carbons (Fsp3) is 0.429. The van der Waals surface area contributed by atoms with E-state index in [1.54, 1.807) is 0 Å². The van der Waals surface area contributed by atoms with Crippen LogP contribution in [-0.4, -0.2) is 24.0 Å². The third-order valence-corrected chi connectivity index (χ3v) is 5.73. The van der Waals surface area contributed by atoms with Crippen LogP contribution >= 0.6 is 69.6 Å². The summed E-state index contributed by atoms with van der Waals surface area (Å²) in [5.41, 5.74) is 1.28. The van der Waals surface area contributed by atoms with Gasteiger partial charge < -0.3 is 9.47 Å². The zero-order chi connectivity index (χ0) is 21.9. The fourth-order valence-electron chi connectivity index (χ4n) is 2.68. The quantitative estimate of drug-likeness (QED) is 0.325. The molecule has 2 atom stereocenters. The monoisotopic (exact) mass is 516 g/mol. The first kappa shape index (κ1) is 25.0. The Morgan fingerprint density at radius 3 is 1.21 bits per heavy atom. The standard InChI is InChI=1S/C21H22Cl6O2/c1-11(22)9-28-19-15(24)5-13(6-16(19)25)21(3,4)14-7-17(26)20(18(27)8-14)29-10-12(2)23/h5-8,11-12H,9-10H2,1-4H3. The second-order valence-corrected chi connectivity index (χ2v) is 10.5. The van der Waals surface area contributed by atoms with Gasteiger partial charge in [0.2, 0.25) is 0 Å². The molecule has 0 fully saturated rings. The molecule has 0 aliphatic heterocycles. The maximum Gasteiger partial charge on any atom is 0.156 e. The highest BCUT2D eigenvalue weighted by Crippen LogP contribution is 2.43. The summed E-state index contributed by atoms with van der Waals surface area (Å²) in [6.45, 7) is 8.32. The van der Waals surface area contributed by atoms with Crippen LogP contribution in [-0.2, 0) is 5.41 Å². The molecule has 2 aromatic carbocycles. The van der Waals surface area contributed by atoms with Crippen molar-refractivity contribution in [1.29, 1.82) is 0 Å². The van der Waals surface area contributed by atoms with Gasteiger partial charge in [-0.25, -0.2) is 0 Å². The van der Waals surface area contributed by atoms with Crippen LogP contribution in [0.2, 0.25) is 20.1 Å². The van der Waals surface area contributed by atoms with E-state index in [2.05, 4.69) is 0 Å². The highest BCUT2D eigenvalue weighted by molar-refractivity contribution is 6.38. The Bertz CT molecular complexity index is 749. The Kier molecular flexibility index (Phi) is 8.98. The molecule has 0 radical (unpaired) electrons. The Morgan fingerprint density at radius 1 is 0.690 bits per heavy atom. The fourth-order valence-corrected chi connectivity index (χ4v) is 4.00. The average molecular weight is 519 g/mol. The summed E-state index contributed by atoms with van der Waals surface area (Å²) in [5, 5.41) is 1.31. The summed E-state index contributed by atoms with van der Waals surface area (Å²) in [5.74, 6) is 0.825. The maximum atomic E-state index is 6.43. The van der Waals surface area contributed by atoms with Crippen LogP contribution in [0.3, 0.4) is 0 Å². The molecule has 0 heterocycles. The van der Waals surface area contributed by atoms with Crippen molar-refractivity contribution in [1.82, 2.24) is 0 Å². The van der Waals surface area contributed by atoms with Crippen LogP contribution in [0.4, 0.5) is 0 Å². The molecule has 0 bridgehead atoms. The summed E-state index contributed by atoms with van der Waals surface area (Å²) in [6, 6.07) is 7.29. The SMILES string of the molecule is CC(Cl)COc1c(Cl)cc(C(C)(C)c2cc(Cl)c(OCC(C)Cl)c(Cl)c2)cc1Cl. The van der Waals surface area contributed by atoms with Gasteiger partial charge in [0, 0.05) is 5.41 Å². The predicted octanol–water partition coefficient (Wildman–Crippen LogP) is 8.64.